The second-order valence-corrected chi connectivity index (χ2v) is 13.1. The number of methoxy groups -OCH3 is 2. The molecule has 6 rings (SSSR count). The Morgan fingerprint density at radius 3 is 1.41 bits per heavy atom. The van der Waals surface area contributed by atoms with Crippen LogP contribution in [-0.2, 0) is 33.1 Å². The van der Waals surface area contributed by atoms with Crippen LogP contribution in [0.2, 0.25) is 0 Å². The monoisotopic (exact) mass is 630 g/mol. The molecule has 6 aromatic rings. The van der Waals surface area contributed by atoms with Crippen molar-refractivity contribution in [1.82, 2.24) is 29.9 Å². The third kappa shape index (κ3) is 7.20. The number of hydrogen-bond acceptors (Lipinski definition) is 8. The number of benzene rings is 2. The van der Waals surface area contributed by atoms with Gasteiger partial charge in [-0.1, -0.05) is 12.1 Å². The summed E-state index contributed by atoms with van der Waals surface area (Å²) in [6, 6.07) is 15.1. The van der Waals surface area contributed by atoms with E-state index in [-0.39, 0.29) is 0 Å². The Morgan fingerprint density at radius 2 is 1.05 bits per heavy atom. The molecule has 0 saturated carbocycles. The molecule has 228 valence electrons. The van der Waals surface area contributed by atoms with Crippen LogP contribution in [0.5, 0.6) is 11.5 Å². The normalized spacial score (nSPS) is 12.5. The number of nitrogens with one attached hydrogen (secondary N) is 2. The van der Waals surface area contributed by atoms with E-state index < -0.39 is 21.6 Å². The van der Waals surface area contributed by atoms with Gasteiger partial charge in [0.2, 0.25) is 0 Å². The average molecular weight is 631 g/mol. The van der Waals surface area contributed by atoms with E-state index in [1.54, 1.807) is 26.6 Å². The average Bonchev–Trinajstić information content (AvgIpc) is 3.64. The molecule has 0 aliphatic rings. The molecular formula is C32H34N6O4S2. The number of imidazole rings is 2. The fourth-order valence-corrected chi connectivity index (χ4v) is 6.80. The van der Waals surface area contributed by atoms with Gasteiger partial charge in [0, 0.05) is 24.5 Å². The number of H-pyrrole nitrogens is 2. The summed E-state index contributed by atoms with van der Waals surface area (Å²) in [7, 11) is 0.702. The largest absolute Gasteiger partial charge is 0.497 e. The highest BCUT2D eigenvalue weighted by atomic mass is 32.2. The third-order valence-electron chi connectivity index (χ3n) is 6.95. The highest BCUT2D eigenvalue weighted by Gasteiger charge is 2.15. The second-order valence-electron chi connectivity index (χ2n) is 10.4. The van der Waals surface area contributed by atoms with Crippen molar-refractivity contribution in [2.24, 2.45) is 0 Å². The van der Waals surface area contributed by atoms with E-state index in [4.69, 9.17) is 9.47 Å². The molecule has 0 spiro atoms. The van der Waals surface area contributed by atoms with E-state index in [2.05, 4.69) is 29.9 Å². The molecule has 0 saturated heterocycles. The zero-order valence-electron chi connectivity index (χ0n) is 25.4. The van der Waals surface area contributed by atoms with Crippen LogP contribution in [0.1, 0.15) is 33.6 Å². The van der Waals surface area contributed by atoms with Crippen molar-refractivity contribution in [3.8, 4) is 11.5 Å². The fourth-order valence-electron chi connectivity index (χ4n) is 4.57. The maximum atomic E-state index is 12.5. The summed E-state index contributed by atoms with van der Waals surface area (Å²) in [5.41, 5.74) is 9.15. The molecule has 0 radical (unpaired) electrons. The van der Waals surface area contributed by atoms with Crippen LogP contribution in [0.15, 0.2) is 71.2 Å². The lowest BCUT2D eigenvalue weighted by Gasteiger charge is -2.04. The molecule has 0 fully saturated rings. The first kappa shape index (κ1) is 31.0. The van der Waals surface area contributed by atoms with Gasteiger partial charge < -0.3 is 19.4 Å². The van der Waals surface area contributed by atoms with Crippen LogP contribution in [-0.4, -0.2) is 52.5 Å². The predicted molar refractivity (Wildman–Crippen MR) is 173 cm³/mol. The van der Waals surface area contributed by atoms with E-state index in [1.807, 2.05) is 76.2 Å². The van der Waals surface area contributed by atoms with E-state index in [0.717, 1.165) is 67.2 Å². The lowest BCUT2D eigenvalue weighted by atomic mass is 10.2. The first-order valence-corrected chi connectivity index (χ1v) is 16.5. The van der Waals surface area contributed by atoms with Crippen molar-refractivity contribution in [2.45, 2.75) is 49.5 Å². The number of aryl methyl sites for hydroxylation is 4. The number of nitrogens with zero attached hydrogens (tertiary/aromatic N) is 4. The van der Waals surface area contributed by atoms with Gasteiger partial charge in [-0.05, 0) is 74.2 Å². The molecule has 0 amide bonds. The zero-order chi connectivity index (χ0) is 31.4. The maximum absolute atomic E-state index is 12.5. The van der Waals surface area contributed by atoms with Gasteiger partial charge >= 0.3 is 0 Å². The van der Waals surface area contributed by atoms with Crippen LogP contribution in [0.3, 0.4) is 0 Å². The van der Waals surface area contributed by atoms with Gasteiger partial charge in [0.15, 0.2) is 10.3 Å². The van der Waals surface area contributed by atoms with Gasteiger partial charge in [-0.3, -0.25) is 18.4 Å². The molecule has 2 atom stereocenters. The summed E-state index contributed by atoms with van der Waals surface area (Å²) in [4.78, 5) is 23.7. The SMILES string of the molecule is COc1ccc2nc([S@@](=O)Cc3ncc(C)cc3C)[nH]c2c1.COc1ccc2nc([S@](=O)Cc3ncc(C)cc3C)[nH]c2c1. The Labute approximate surface area is 260 Å². The molecule has 2 N–H and O–H groups in total. The Morgan fingerprint density at radius 1 is 0.636 bits per heavy atom. The Balaban J connectivity index is 0.000000175. The number of ether oxygens (including phenoxy) is 2. The molecule has 0 bridgehead atoms. The van der Waals surface area contributed by atoms with E-state index in [9.17, 15) is 8.42 Å². The Hall–Kier alpha value is -4.42. The van der Waals surface area contributed by atoms with Crippen LogP contribution in [0, 0.1) is 27.7 Å². The molecule has 4 heterocycles. The van der Waals surface area contributed by atoms with Crippen molar-refractivity contribution in [3.05, 3.63) is 94.6 Å². The molecule has 10 nitrogen and oxygen atoms in total. The first-order valence-electron chi connectivity index (χ1n) is 13.8. The van der Waals surface area contributed by atoms with Crippen LogP contribution in [0.25, 0.3) is 22.1 Å². The summed E-state index contributed by atoms with van der Waals surface area (Å²) in [5, 5.41) is 0.926. The van der Waals surface area contributed by atoms with Crippen LogP contribution >= 0.6 is 0 Å². The number of aromatic amines is 2. The number of rotatable bonds is 8. The molecule has 0 aliphatic heterocycles. The summed E-state index contributed by atoms with van der Waals surface area (Å²) in [6.45, 7) is 7.95. The van der Waals surface area contributed by atoms with Crippen molar-refractivity contribution in [3.63, 3.8) is 0 Å². The van der Waals surface area contributed by atoms with Crippen molar-refractivity contribution in [1.29, 1.82) is 0 Å². The molecule has 2 aromatic carbocycles. The lowest BCUT2D eigenvalue weighted by molar-refractivity contribution is 0.415. The topological polar surface area (TPSA) is 136 Å². The molecule has 0 aliphatic carbocycles. The standard InChI is InChI=1S/2C16H17N3O2S/c2*1-10-6-11(2)15(17-8-10)9-22(20)16-18-13-5-4-12(21-3)7-14(13)19-16/h2*4-8H,9H2,1-3H3,(H,18,19)/t2*22-/m10/s1. The van der Waals surface area contributed by atoms with Gasteiger partial charge in [-0.25, -0.2) is 9.97 Å². The van der Waals surface area contributed by atoms with Gasteiger partial charge in [0.25, 0.3) is 0 Å². The molecular weight excluding hydrogens is 597 g/mol. The summed E-state index contributed by atoms with van der Waals surface area (Å²) >= 11 is 0. The minimum Gasteiger partial charge on any atom is -0.497 e. The summed E-state index contributed by atoms with van der Waals surface area (Å²) < 4.78 is 35.4. The quantitative estimate of drug-likeness (QED) is 0.216. The molecule has 4 aromatic heterocycles. The smallest absolute Gasteiger partial charge is 0.197 e. The number of fused-ring (bicyclic) bond motifs is 2. The number of hydrogen-bond donors (Lipinski definition) is 2. The summed E-state index contributed by atoms with van der Waals surface area (Å²) in [6.07, 6.45) is 3.59. The minimum absolute atomic E-state index is 0.350. The predicted octanol–water partition coefficient (Wildman–Crippen LogP) is 5.78. The Bertz CT molecular complexity index is 1860. The lowest BCUT2D eigenvalue weighted by Crippen LogP contribution is -2.03. The maximum Gasteiger partial charge on any atom is 0.197 e. The van der Waals surface area contributed by atoms with Crippen molar-refractivity contribution >= 4 is 43.7 Å². The Kier molecular flexibility index (Phi) is 9.50. The van der Waals surface area contributed by atoms with E-state index >= 15 is 0 Å². The second kappa shape index (κ2) is 13.5. The van der Waals surface area contributed by atoms with Crippen LogP contribution < -0.4 is 9.47 Å². The fraction of sp³-hybridized carbons (Fsp3) is 0.250. The van der Waals surface area contributed by atoms with Crippen molar-refractivity contribution in [2.75, 3.05) is 14.2 Å². The van der Waals surface area contributed by atoms with E-state index in [0.29, 0.717) is 21.8 Å². The molecule has 0 unspecified atom stereocenters. The van der Waals surface area contributed by atoms with Gasteiger partial charge in [0.1, 0.15) is 11.5 Å². The highest BCUT2D eigenvalue weighted by molar-refractivity contribution is 7.84. The van der Waals surface area contributed by atoms with Crippen molar-refractivity contribution < 1.29 is 17.9 Å². The molecule has 12 heteroatoms. The highest BCUT2D eigenvalue weighted by Crippen LogP contribution is 2.22. The zero-order valence-corrected chi connectivity index (χ0v) is 27.1. The summed E-state index contributed by atoms with van der Waals surface area (Å²) in [5.74, 6) is 2.18. The van der Waals surface area contributed by atoms with Gasteiger partial charge in [0.05, 0.1) is 80.8 Å². The minimum atomic E-state index is -1.26. The number of pyridine rings is 2. The first-order chi connectivity index (χ1) is 21.1. The van der Waals surface area contributed by atoms with Gasteiger partial charge in [-0.2, -0.15) is 0 Å². The van der Waals surface area contributed by atoms with E-state index in [1.165, 1.54) is 0 Å². The van der Waals surface area contributed by atoms with Crippen LogP contribution in [0.4, 0.5) is 0 Å². The molecule has 44 heavy (non-hydrogen) atoms. The number of aromatic nitrogens is 6. The van der Waals surface area contributed by atoms with Gasteiger partial charge in [-0.15, -0.1) is 0 Å². The third-order valence-corrected chi connectivity index (χ3v) is 9.27.